The Kier molecular flexibility index (Phi) is 6.25. The van der Waals surface area contributed by atoms with Crippen molar-refractivity contribution in [2.24, 2.45) is 17.8 Å². The van der Waals surface area contributed by atoms with Gasteiger partial charge in [0.1, 0.15) is 5.75 Å². The Hall–Kier alpha value is -2.68. The number of phenolic OH excluding ortho intramolecular Hbond substituents is 1. The van der Waals surface area contributed by atoms with E-state index in [0.29, 0.717) is 16.7 Å². The fraction of sp³-hybridized carbons (Fsp3) is 0.379. The molecule has 2 heterocycles. The predicted molar refractivity (Wildman–Crippen MR) is 148 cm³/mol. The Bertz CT molecular complexity index is 1460. The second kappa shape index (κ2) is 9.18. The molecular weight excluding hydrogens is 607 g/mol. The maximum Gasteiger partial charge on any atom is 0.254 e. The molecule has 0 unspecified atom stereocenters. The number of para-hydroxylation sites is 1. The van der Waals surface area contributed by atoms with Gasteiger partial charge in [-0.2, -0.15) is 0 Å². The van der Waals surface area contributed by atoms with Crippen molar-refractivity contribution >= 4 is 62.8 Å². The lowest BCUT2D eigenvalue weighted by molar-refractivity contribution is -0.141. The zero-order valence-electron chi connectivity index (χ0n) is 20.9. The highest BCUT2D eigenvalue weighted by Gasteiger charge is 2.76. The maximum absolute atomic E-state index is 13.9. The minimum absolute atomic E-state index is 0.0534. The number of hydrogen-bond acceptors (Lipinski definition) is 5. The van der Waals surface area contributed by atoms with Gasteiger partial charge in [-0.15, -0.1) is 23.2 Å². The third kappa shape index (κ3) is 3.47. The standard InChI is InChI=1S/C29H25BrCl2N2O5/c1-15-6-5-9-19(23(15)35)22-17-10-11-18-21(25(37)33(24(18)36)13-16-7-3-2-4-8-16)20(17)12-28(31)26(38)34(14-30)27(39)29(22,28)32/h2-10,18,20-22,35H,11-14H2,1H3/t18-,20+,21-,22+,28+,29-/m0/s1. The number of allylic oxidation sites excluding steroid dienone is 2. The number of carbonyl (C=O) groups is 4. The molecule has 0 aromatic heterocycles. The van der Waals surface area contributed by atoms with Gasteiger partial charge in [0.05, 0.1) is 23.8 Å². The number of fused-ring (bicyclic) bond motifs is 4. The van der Waals surface area contributed by atoms with E-state index in [-0.39, 0.29) is 42.4 Å². The summed E-state index contributed by atoms with van der Waals surface area (Å²) in [7, 11) is 0. The normalized spacial score (nSPS) is 33.7. The lowest BCUT2D eigenvalue weighted by Gasteiger charge is -2.50. The smallest absolute Gasteiger partial charge is 0.254 e. The number of hydrogen-bond donors (Lipinski definition) is 1. The second-order valence-electron chi connectivity index (χ2n) is 10.7. The first-order valence-electron chi connectivity index (χ1n) is 12.7. The van der Waals surface area contributed by atoms with Crippen LogP contribution in [0.15, 0.2) is 60.2 Å². The molecule has 0 spiro atoms. The van der Waals surface area contributed by atoms with E-state index in [0.717, 1.165) is 10.5 Å². The van der Waals surface area contributed by atoms with E-state index in [9.17, 15) is 24.3 Å². The molecule has 1 N–H and O–H groups in total. The van der Waals surface area contributed by atoms with E-state index in [1.165, 1.54) is 4.90 Å². The molecule has 3 fully saturated rings. The van der Waals surface area contributed by atoms with Gasteiger partial charge < -0.3 is 5.11 Å². The van der Waals surface area contributed by atoms with Crippen LogP contribution in [0.5, 0.6) is 5.75 Å². The number of alkyl halides is 3. The van der Waals surface area contributed by atoms with Gasteiger partial charge in [0.15, 0.2) is 9.75 Å². The predicted octanol–water partition coefficient (Wildman–Crippen LogP) is 4.61. The van der Waals surface area contributed by atoms with Crippen LogP contribution in [0.4, 0.5) is 0 Å². The van der Waals surface area contributed by atoms with Crippen LogP contribution >= 0.6 is 39.1 Å². The van der Waals surface area contributed by atoms with Gasteiger partial charge in [0.2, 0.25) is 11.8 Å². The first kappa shape index (κ1) is 26.5. The third-order valence-electron chi connectivity index (χ3n) is 8.87. The molecule has 2 aromatic carbocycles. The highest BCUT2D eigenvalue weighted by molar-refractivity contribution is 9.09. The minimum Gasteiger partial charge on any atom is -0.507 e. The van der Waals surface area contributed by atoms with E-state index in [2.05, 4.69) is 15.9 Å². The highest BCUT2D eigenvalue weighted by atomic mass is 79.9. The minimum atomic E-state index is -1.94. The zero-order chi connectivity index (χ0) is 27.9. The number of likely N-dealkylation sites (tertiary alicyclic amines) is 2. The van der Waals surface area contributed by atoms with Gasteiger partial charge in [-0.05, 0) is 36.8 Å². The zero-order valence-corrected chi connectivity index (χ0v) is 24.0. The molecule has 202 valence electrons. The molecule has 2 saturated heterocycles. The van der Waals surface area contributed by atoms with Gasteiger partial charge in [-0.3, -0.25) is 29.0 Å². The summed E-state index contributed by atoms with van der Waals surface area (Å²) in [6.07, 6.45) is 2.06. The van der Waals surface area contributed by atoms with Gasteiger partial charge in [-0.25, -0.2) is 0 Å². The van der Waals surface area contributed by atoms with E-state index in [1.807, 2.05) is 36.4 Å². The Labute approximate surface area is 243 Å². The van der Waals surface area contributed by atoms with Crippen LogP contribution < -0.4 is 0 Å². The quantitative estimate of drug-likeness (QED) is 0.230. The summed E-state index contributed by atoms with van der Waals surface area (Å²) in [5.41, 5.74) is 2.32. The SMILES string of the molecule is Cc1cccc([C@H]2C3=CC[C@@H]4C(=O)N(Cc5ccccc5)C(=O)[C@@H]4[C@@H]3C[C@@]3(Cl)C(=O)N(CBr)C(=O)[C@@]23Cl)c1O. The molecule has 2 aromatic rings. The summed E-state index contributed by atoms with van der Waals surface area (Å²) in [4.78, 5) is 53.3. The van der Waals surface area contributed by atoms with E-state index < -0.39 is 45.2 Å². The molecule has 4 amide bonds. The van der Waals surface area contributed by atoms with Crippen molar-refractivity contribution in [3.8, 4) is 5.75 Å². The summed E-state index contributed by atoms with van der Waals surface area (Å²) in [6, 6.07) is 14.4. The van der Waals surface area contributed by atoms with Crippen molar-refractivity contribution in [1.29, 1.82) is 0 Å². The van der Waals surface area contributed by atoms with Crippen molar-refractivity contribution < 1.29 is 24.3 Å². The van der Waals surface area contributed by atoms with E-state index in [4.69, 9.17) is 23.2 Å². The second-order valence-corrected chi connectivity index (χ2v) is 12.5. The van der Waals surface area contributed by atoms with Crippen molar-refractivity contribution in [2.75, 3.05) is 5.45 Å². The first-order valence-corrected chi connectivity index (χ1v) is 14.6. The van der Waals surface area contributed by atoms with E-state index >= 15 is 0 Å². The Morgan fingerprint density at radius 2 is 1.67 bits per heavy atom. The molecular formula is C29H25BrCl2N2O5. The van der Waals surface area contributed by atoms with Crippen molar-refractivity contribution in [3.63, 3.8) is 0 Å². The average Bonchev–Trinajstić information content (AvgIpc) is 3.24. The average molecular weight is 632 g/mol. The van der Waals surface area contributed by atoms with Crippen molar-refractivity contribution in [3.05, 3.63) is 76.9 Å². The first-order chi connectivity index (χ1) is 18.6. The molecule has 2 aliphatic carbocycles. The Balaban J connectivity index is 1.50. The van der Waals surface area contributed by atoms with Crippen LogP contribution in [0.1, 0.15) is 35.4 Å². The molecule has 1 saturated carbocycles. The topological polar surface area (TPSA) is 95.0 Å². The summed E-state index contributed by atoms with van der Waals surface area (Å²) in [5.74, 6) is -4.93. The van der Waals surface area contributed by atoms with Crippen LogP contribution in [0, 0.1) is 24.7 Å². The molecule has 6 atom stereocenters. The van der Waals surface area contributed by atoms with Crippen LogP contribution in [0.25, 0.3) is 0 Å². The monoisotopic (exact) mass is 630 g/mol. The van der Waals surface area contributed by atoms with Gasteiger partial charge >= 0.3 is 0 Å². The number of rotatable bonds is 4. The molecule has 0 bridgehead atoms. The number of aryl methyl sites for hydroxylation is 1. The summed E-state index contributed by atoms with van der Waals surface area (Å²) in [6.45, 7) is 1.88. The van der Waals surface area contributed by atoms with Gasteiger partial charge in [0.25, 0.3) is 11.8 Å². The van der Waals surface area contributed by atoms with Crippen molar-refractivity contribution in [2.45, 2.75) is 42.0 Å². The molecule has 7 nitrogen and oxygen atoms in total. The summed E-state index contributed by atoms with van der Waals surface area (Å²) in [5, 5.41) is 11.1. The Morgan fingerprint density at radius 1 is 0.949 bits per heavy atom. The number of carbonyl (C=O) groups excluding carboxylic acids is 4. The molecule has 4 aliphatic rings. The molecule has 0 radical (unpaired) electrons. The number of imide groups is 2. The van der Waals surface area contributed by atoms with Crippen LogP contribution in [-0.2, 0) is 25.7 Å². The molecule has 39 heavy (non-hydrogen) atoms. The van der Waals surface area contributed by atoms with E-state index in [1.54, 1.807) is 25.1 Å². The van der Waals surface area contributed by atoms with Gasteiger partial charge in [0, 0.05) is 11.5 Å². The number of phenols is 1. The fourth-order valence-corrected chi connectivity index (χ4v) is 8.42. The molecule has 2 aliphatic heterocycles. The third-order valence-corrected chi connectivity index (χ3v) is 10.8. The lowest BCUT2D eigenvalue weighted by atomic mass is 9.56. The fourth-order valence-electron chi connectivity index (χ4n) is 7.00. The number of nitrogens with zero attached hydrogens (tertiary/aromatic N) is 2. The summed E-state index contributed by atoms with van der Waals surface area (Å²) >= 11 is 17.6. The van der Waals surface area contributed by atoms with Crippen LogP contribution in [-0.4, -0.2) is 53.7 Å². The molecule has 6 rings (SSSR count). The van der Waals surface area contributed by atoms with Crippen LogP contribution in [0.2, 0.25) is 0 Å². The Morgan fingerprint density at radius 3 is 2.36 bits per heavy atom. The van der Waals surface area contributed by atoms with Crippen LogP contribution in [0.3, 0.4) is 0 Å². The van der Waals surface area contributed by atoms with Gasteiger partial charge in [-0.1, -0.05) is 76.1 Å². The number of benzene rings is 2. The lowest BCUT2D eigenvalue weighted by Crippen LogP contribution is -2.60. The number of halogens is 3. The number of aromatic hydroxyl groups is 1. The largest absolute Gasteiger partial charge is 0.507 e. The van der Waals surface area contributed by atoms with Crippen molar-refractivity contribution in [1.82, 2.24) is 9.80 Å². The highest BCUT2D eigenvalue weighted by Crippen LogP contribution is 2.66. The number of amides is 4. The summed E-state index contributed by atoms with van der Waals surface area (Å²) < 4.78 is 0. The maximum atomic E-state index is 13.9. The molecule has 10 heteroatoms.